The van der Waals surface area contributed by atoms with Crippen LogP contribution < -0.4 is 0 Å². The molecule has 0 spiro atoms. The maximum atomic E-state index is 4.93. The Morgan fingerprint density at radius 3 is 1.97 bits per heavy atom. The van der Waals surface area contributed by atoms with Crippen molar-refractivity contribution >= 4 is 48.1 Å². The maximum absolute atomic E-state index is 4.93. The Hall–Kier alpha value is -1.44. The van der Waals surface area contributed by atoms with E-state index >= 15 is 0 Å². The molecule has 0 N–H and O–H groups in total. The Balaban J connectivity index is 0.000000201. The molecule has 0 aliphatic heterocycles. The normalized spacial score (nSPS) is 9.88. The van der Waals surface area contributed by atoms with E-state index in [1.165, 1.54) is 43.8 Å². The molecule has 0 saturated carbocycles. The molecule has 0 unspecified atom stereocenters. The molecule has 0 saturated heterocycles. The molecule has 0 amide bonds. The summed E-state index contributed by atoms with van der Waals surface area (Å²) in [5.74, 6) is 0.636. The standard InChI is InChI=1S/C16H13.C12H13.C2H6Si.2ClH.Zr/c1-12-10-14-8-5-9-15(16(14)11-12)13-6-3-2-4-7-13;1-9(2)12-7-10-5-3-4-6-11(10)8-12;1-3-2;;;/h2-11H,1H3;3-9H,1-2H3;1-2H3;2*1H;/q2*-1;;;;+4/p-2. The first kappa shape index (κ1) is 28.8. The van der Waals surface area contributed by atoms with Crippen molar-refractivity contribution in [3.8, 4) is 11.1 Å². The summed E-state index contributed by atoms with van der Waals surface area (Å²) in [6, 6.07) is 34.6. The summed E-state index contributed by atoms with van der Waals surface area (Å²) in [7, 11) is 11.0. The van der Waals surface area contributed by atoms with E-state index in [4.69, 9.17) is 17.0 Å². The van der Waals surface area contributed by atoms with Gasteiger partial charge in [0.05, 0.1) is 0 Å². The summed E-state index contributed by atoms with van der Waals surface area (Å²) >= 11 is -0.826. The third kappa shape index (κ3) is 8.65. The zero-order chi connectivity index (χ0) is 24.9. The molecule has 0 aromatic heterocycles. The van der Waals surface area contributed by atoms with Gasteiger partial charge in [-0.15, -0.1) is 75.1 Å². The van der Waals surface area contributed by atoms with Crippen LogP contribution in [0.25, 0.3) is 32.7 Å². The van der Waals surface area contributed by atoms with Crippen LogP contribution in [-0.2, 0) is 20.8 Å². The van der Waals surface area contributed by atoms with E-state index in [0.29, 0.717) is 5.92 Å². The Kier molecular flexibility index (Phi) is 13.2. The number of rotatable bonds is 2. The summed E-state index contributed by atoms with van der Waals surface area (Å²) in [6.45, 7) is 10.9. The quantitative estimate of drug-likeness (QED) is 0.143. The third-order valence-corrected chi connectivity index (χ3v) is 5.29. The van der Waals surface area contributed by atoms with Crippen LogP contribution in [0.4, 0.5) is 0 Å². The summed E-state index contributed by atoms with van der Waals surface area (Å²) in [5, 5.41) is 5.41. The second kappa shape index (κ2) is 15.5. The second-order valence-corrected chi connectivity index (χ2v) is 13.1. The molecule has 0 nitrogen and oxygen atoms in total. The first-order valence-electron chi connectivity index (χ1n) is 11.4. The van der Waals surface area contributed by atoms with Crippen LogP contribution in [0, 0.1) is 6.92 Å². The number of fused-ring (bicyclic) bond motifs is 2. The van der Waals surface area contributed by atoms with Gasteiger partial charge in [0.25, 0.3) is 0 Å². The van der Waals surface area contributed by atoms with E-state index in [1.807, 2.05) is 0 Å². The molecule has 0 heterocycles. The van der Waals surface area contributed by atoms with Gasteiger partial charge in [0, 0.05) is 9.52 Å². The van der Waals surface area contributed by atoms with E-state index in [9.17, 15) is 0 Å². The zero-order valence-electron chi connectivity index (χ0n) is 20.6. The zero-order valence-corrected chi connectivity index (χ0v) is 25.5. The predicted octanol–water partition coefficient (Wildman–Crippen LogP) is 10.4. The molecule has 0 aliphatic rings. The summed E-state index contributed by atoms with van der Waals surface area (Å²) in [6.07, 6.45) is 0. The Morgan fingerprint density at radius 1 is 0.765 bits per heavy atom. The van der Waals surface area contributed by atoms with Crippen LogP contribution in [0.3, 0.4) is 0 Å². The van der Waals surface area contributed by atoms with E-state index in [-0.39, 0.29) is 0 Å². The first-order valence-corrected chi connectivity index (χ1v) is 19.7. The Labute approximate surface area is 226 Å². The van der Waals surface area contributed by atoms with Crippen molar-refractivity contribution in [1.82, 2.24) is 0 Å². The molecule has 0 aliphatic carbocycles. The summed E-state index contributed by atoms with van der Waals surface area (Å²) in [5.41, 5.74) is 5.39. The molecule has 2 radical (unpaired) electrons. The average Bonchev–Trinajstić information content (AvgIpc) is 3.44. The predicted molar refractivity (Wildman–Crippen MR) is 153 cm³/mol. The van der Waals surface area contributed by atoms with Gasteiger partial charge in [0.1, 0.15) is 0 Å². The van der Waals surface area contributed by atoms with Gasteiger partial charge in [-0.3, -0.25) is 0 Å². The van der Waals surface area contributed by atoms with E-state index < -0.39 is 20.8 Å². The van der Waals surface area contributed by atoms with Crippen molar-refractivity contribution in [3.63, 3.8) is 0 Å². The van der Waals surface area contributed by atoms with Gasteiger partial charge in [-0.25, -0.2) is 0 Å². The second-order valence-electron chi connectivity index (χ2n) is 8.35. The van der Waals surface area contributed by atoms with Gasteiger partial charge in [0.2, 0.25) is 0 Å². The number of aryl methyl sites for hydroxylation is 1. The van der Waals surface area contributed by atoms with E-state index in [1.54, 1.807) is 0 Å². The van der Waals surface area contributed by atoms with Gasteiger partial charge in [-0.05, 0) is 11.5 Å². The minimum absolute atomic E-state index is 0.636. The van der Waals surface area contributed by atoms with Crippen LogP contribution in [0.1, 0.15) is 30.9 Å². The van der Waals surface area contributed by atoms with Crippen LogP contribution in [0.15, 0.2) is 97.1 Å². The molecule has 5 aromatic carbocycles. The van der Waals surface area contributed by atoms with Gasteiger partial charge >= 0.3 is 37.9 Å². The fourth-order valence-corrected chi connectivity index (χ4v) is 3.76. The number of hydrogen-bond donors (Lipinski definition) is 0. The van der Waals surface area contributed by atoms with Crippen molar-refractivity contribution in [3.05, 3.63) is 108 Å². The molecule has 5 aromatic rings. The van der Waals surface area contributed by atoms with Crippen LogP contribution in [0.2, 0.25) is 13.1 Å². The fourth-order valence-electron chi connectivity index (χ4n) is 3.76. The third-order valence-electron chi connectivity index (χ3n) is 5.29. The number of hydrogen-bond acceptors (Lipinski definition) is 0. The van der Waals surface area contributed by atoms with Crippen molar-refractivity contribution < 1.29 is 20.8 Å². The molecule has 174 valence electrons. The van der Waals surface area contributed by atoms with Crippen LogP contribution in [0.5, 0.6) is 0 Å². The van der Waals surface area contributed by atoms with Crippen LogP contribution >= 0.6 is 17.0 Å². The molecular weight excluding hydrogens is 551 g/mol. The molecule has 0 bridgehead atoms. The molecule has 4 heteroatoms. The van der Waals surface area contributed by atoms with Crippen molar-refractivity contribution in [2.24, 2.45) is 0 Å². The minimum atomic E-state index is -0.826. The topological polar surface area (TPSA) is 0 Å². The van der Waals surface area contributed by atoms with Crippen molar-refractivity contribution in [1.29, 1.82) is 0 Å². The monoisotopic (exact) mass is 580 g/mol. The van der Waals surface area contributed by atoms with E-state index in [0.717, 1.165) is 9.52 Å². The SMILES string of the molecule is CC(C)c1cc2ccccc2[cH-]1.C[Si]C.Cc1cc2c(-c3ccccc3)cccc2[cH-]1.[Cl][Zr+2][Cl]. The number of benzene rings is 3. The van der Waals surface area contributed by atoms with Crippen molar-refractivity contribution in [2.45, 2.75) is 39.8 Å². The van der Waals surface area contributed by atoms with E-state index in [2.05, 4.69) is 131 Å². The van der Waals surface area contributed by atoms with Gasteiger partial charge in [-0.2, -0.15) is 12.1 Å². The molecule has 5 rings (SSSR count). The summed E-state index contributed by atoms with van der Waals surface area (Å²) in [4.78, 5) is 0. The molecule has 34 heavy (non-hydrogen) atoms. The fraction of sp³-hybridized carbons (Fsp3) is 0.200. The Morgan fingerprint density at radius 2 is 1.35 bits per heavy atom. The van der Waals surface area contributed by atoms with Gasteiger partial charge in [-0.1, -0.05) is 81.9 Å². The number of halogens is 2. The van der Waals surface area contributed by atoms with Crippen molar-refractivity contribution in [2.75, 3.05) is 0 Å². The molecular formula is C30H32Cl2SiZr. The first-order chi connectivity index (χ1) is 16.4. The molecule has 0 fully saturated rings. The average molecular weight is 583 g/mol. The van der Waals surface area contributed by atoms with Gasteiger partial charge < -0.3 is 0 Å². The summed E-state index contributed by atoms with van der Waals surface area (Å²) < 4.78 is 0. The van der Waals surface area contributed by atoms with Gasteiger partial charge in [0.15, 0.2) is 0 Å². The molecule has 0 atom stereocenters. The van der Waals surface area contributed by atoms with Crippen LogP contribution in [-0.4, -0.2) is 9.52 Å². The Bertz CT molecular complexity index is 1200.